The first-order valence-corrected chi connectivity index (χ1v) is 10.1. The number of ether oxygens (including phenoxy) is 1. The predicted molar refractivity (Wildman–Crippen MR) is 105 cm³/mol. The van der Waals surface area contributed by atoms with Crippen molar-refractivity contribution in [3.8, 4) is 5.75 Å². The summed E-state index contributed by atoms with van der Waals surface area (Å²) in [6.07, 6.45) is 2.31. The van der Waals surface area contributed by atoms with Crippen LogP contribution in [0.3, 0.4) is 0 Å². The fourth-order valence-electron chi connectivity index (χ4n) is 2.00. The molecule has 9 heteroatoms. The zero-order chi connectivity index (χ0) is 19.7. The molecule has 0 saturated heterocycles. The summed E-state index contributed by atoms with van der Waals surface area (Å²) < 4.78 is 32.0. The minimum absolute atomic E-state index is 0.0187. The number of rotatable bonds is 9. The van der Waals surface area contributed by atoms with Crippen molar-refractivity contribution in [2.45, 2.75) is 18.2 Å². The molecule has 0 aliphatic rings. The number of nitrogens with one attached hydrogen (secondary N) is 2. The van der Waals surface area contributed by atoms with Crippen LogP contribution in [0.2, 0.25) is 5.02 Å². The molecule has 0 radical (unpaired) electrons. The number of benzene rings is 2. The van der Waals surface area contributed by atoms with Crippen molar-refractivity contribution in [2.75, 3.05) is 13.2 Å². The molecular formula is C18H20ClN3O4S. The van der Waals surface area contributed by atoms with Gasteiger partial charge in [0, 0.05) is 10.6 Å². The van der Waals surface area contributed by atoms with Gasteiger partial charge in [-0.05, 0) is 42.8 Å². The van der Waals surface area contributed by atoms with E-state index in [-0.39, 0.29) is 4.90 Å². The molecule has 2 aromatic carbocycles. The number of hydrazone groups is 1. The number of halogens is 1. The van der Waals surface area contributed by atoms with Gasteiger partial charge >= 0.3 is 0 Å². The highest BCUT2D eigenvalue weighted by Gasteiger charge is 2.15. The predicted octanol–water partition coefficient (Wildman–Crippen LogP) is 2.56. The lowest BCUT2D eigenvalue weighted by molar-refractivity contribution is -0.119. The van der Waals surface area contributed by atoms with E-state index in [0.717, 1.165) is 6.42 Å². The Morgan fingerprint density at radius 1 is 1.19 bits per heavy atom. The molecule has 0 heterocycles. The number of para-hydroxylation sites is 1. The summed E-state index contributed by atoms with van der Waals surface area (Å²) in [7, 11) is -3.81. The van der Waals surface area contributed by atoms with Gasteiger partial charge in [-0.2, -0.15) is 5.10 Å². The smallest absolute Gasteiger partial charge is 0.255 e. The van der Waals surface area contributed by atoms with Gasteiger partial charge in [0.25, 0.3) is 5.91 Å². The van der Waals surface area contributed by atoms with Crippen LogP contribution in [0, 0.1) is 0 Å². The number of nitrogens with zero attached hydrogens (tertiary/aromatic N) is 1. The van der Waals surface area contributed by atoms with Gasteiger partial charge in [0.15, 0.2) is 0 Å². The van der Waals surface area contributed by atoms with Gasteiger partial charge in [0.05, 0.1) is 24.3 Å². The van der Waals surface area contributed by atoms with E-state index in [2.05, 4.69) is 15.2 Å². The Kier molecular flexibility index (Phi) is 7.78. The third-order valence-electron chi connectivity index (χ3n) is 3.32. The molecule has 0 spiro atoms. The number of carbonyl (C=O) groups is 1. The molecule has 7 nitrogen and oxygen atoms in total. The lowest BCUT2D eigenvalue weighted by atomic mass is 10.2. The minimum atomic E-state index is -3.81. The molecule has 144 valence electrons. The van der Waals surface area contributed by atoms with E-state index in [1.807, 2.05) is 19.1 Å². The molecule has 0 unspecified atom stereocenters. The average Bonchev–Trinajstić information content (AvgIpc) is 2.66. The summed E-state index contributed by atoms with van der Waals surface area (Å²) in [5.74, 6) is 0.0523. The minimum Gasteiger partial charge on any atom is -0.493 e. The molecule has 27 heavy (non-hydrogen) atoms. The third kappa shape index (κ3) is 6.67. The molecular weight excluding hydrogens is 390 g/mol. The van der Waals surface area contributed by atoms with Gasteiger partial charge in [0.1, 0.15) is 5.75 Å². The van der Waals surface area contributed by atoms with Crippen molar-refractivity contribution in [1.82, 2.24) is 10.1 Å². The number of carbonyl (C=O) groups excluding carboxylic acids is 1. The maximum atomic E-state index is 12.1. The molecule has 0 aromatic heterocycles. The number of hydrogen-bond donors (Lipinski definition) is 2. The SMILES string of the molecule is CCCOc1ccccc1C=NNC(=O)CNS(=O)(=O)c1ccc(Cl)cc1. The average molecular weight is 410 g/mol. The van der Waals surface area contributed by atoms with Gasteiger partial charge in [-0.25, -0.2) is 18.6 Å². The molecule has 0 aliphatic heterocycles. The summed E-state index contributed by atoms with van der Waals surface area (Å²) in [5.41, 5.74) is 2.98. The Labute approximate surface area is 163 Å². The molecule has 0 atom stereocenters. The van der Waals surface area contributed by atoms with Crippen LogP contribution in [0.5, 0.6) is 5.75 Å². The Balaban J connectivity index is 1.89. The summed E-state index contributed by atoms with van der Waals surface area (Å²) >= 11 is 5.73. The van der Waals surface area contributed by atoms with E-state index >= 15 is 0 Å². The van der Waals surface area contributed by atoms with Gasteiger partial charge in [-0.1, -0.05) is 30.7 Å². The molecule has 2 rings (SSSR count). The Morgan fingerprint density at radius 2 is 1.89 bits per heavy atom. The van der Waals surface area contributed by atoms with Gasteiger partial charge in [0.2, 0.25) is 10.0 Å². The molecule has 1 amide bonds. The summed E-state index contributed by atoms with van der Waals surface area (Å²) in [5, 5.41) is 4.26. The maximum absolute atomic E-state index is 12.1. The van der Waals surface area contributed by atoms with Crippen molar-refractivity contribution in [3.05, 3.63) is 59.1 Å². The highest BCUT2D eigenvalue weighted by molar-refractivity contribution is 7.89. The van der Waals surface area contributed by atoms with Crippen LogP contribution in [-0.4, -0.2) is 33.7 Å². The fraction of sp³-hybridized carbons (Fsp3) is 0.222. The first-order valence-electron chi connectivity index (χ1n) is 8.21. The molecule has 2 N–H and O–H groups in total. The Morgan fingerprint density at radius 3 is 2.59 bits per heavy atom. The molecule has 0 aliphatic carbocycles. The first kappa shape index (κ1) is 20.9. The Hall–Kier alpha value is -2.42. The van der Waals surface area contributed by atoms with E-state index in [1.165, 1.54) is 30.5 Å². The van der Waals surface area contributed by atoms with Crippen LogP contribution in [0.1, 0.15) is 18.9 Å². The van der Waals surface area contributed by atoms with Crippen LogP contribution >= 0.6 is 11.6 Å². The van der Waals surface area contributed by atoms with Crippen LogP contribution < -0.4 is 14.9 Å². The molecule has 0 saturated carbocycles. The second-order valence-corrected chi connectivity index (χ2v) is 7.66. The largest absolute Gasteiger partial charge is 0.493 e. The maximum Gasteiger partial charge on any atom is 0.255 e. The Bertz CT molecular complexity index is 899. The second kappa shape index (κ2) is 10.1. The van der Waals surface area contributed by atoms with Crippen LogP contribution in [0.25, 0.3) is 0 Å². The number of amides is 1. The highest BCUT2D eigenvalue weighted by atomic mass is 35.5. The van der Waals surface area contributed by atoms with Crippen molar-refractivity contribution in [3.63, 3.8) is 0 Å². The first-order chi connectivity index (χ1) is 12.9. The van der Waals surface area contributed by atoms with E-state index in [4.69, 9.17) is 16.3 Å². The van der Waals surface area contributed by atoms with Crippen LogP contribution in [-0.2, 0) is 14.8 Å². The van der Waals surface area contributed by atoms with Gasteiger partial charge < -0.3 is 4.74 Å². The third-order valence-corrected chi connectivity index (χ3v) is 4.99. The van der Waals surface area contributed by atoms with E-state index in [1.54, 1.807) is 12.1 Å². The molecule has 2 aromatic rings. The number of sulfonamides is 1. The van der Waals surface area contributed by atoms with Gasteiger partial charge in [-0.15, -0.1) is 0 Å². The van der Waals surface area contributed by atoms with Crippen molar-refractivity contribution < 1.29 is 17.9 Å². The lowest BCUT2D eigenvalue weighted by Gasteiger charge is -2.07. The lowest BCUT2D eigenvalue weighted by Crippen LogP contribution is -2.34. The van der Waals surface area contributed by atoms with Crippen molar-refractivity contribution in [1.29, 1.82) is 0 Å². The highest BCUT2D eigenvalue weighted by Crippen LogP contribution is 2.16. The van der Waals surface area contributed by atoms with E-state index in [9.17, 15) is 13.2 Å². The zero-order valence-corrected chi connectivity index (χ0v) is 16.3. The van der Waals surface area contributed by atoms with Crippen molar-refractivity contribution >= 4 is 33.7 Å². The summed E-state index contributed by atoms with van der Waals surface area (Å²) in [6, 6.07) is 12.9. The summed E-state index contributed by atoms with van der Waals surface area (Å²) in [4.78, 5) is 11.8. The van der Waals surface area contributed by atoms with Crippen LogP contribution in [0.15, 0.2) is 58.5 Å². The van der Waals surface area contributed by atoms with Crippen LogP contribution in [0.4, 0.5) is 0 Å². The normalized spacial score (nSPS) is 11.5. The monoisotopic (exact) mass is 409 g/mol. The fourth-order valence-corrected chi connectivity index (χ4v) is 3.11. The number of hydrogen-bond acceptors (Lipinski definition) is 5. The second-order valence-electron chi connectivity index (χ2n) is 5.46. The van der Waals surface area contributed by atoms with Crippen molar-refractivity contribution in [2.24, 2.45) is 5.10 Å². The summed E-state index contributed by atoms with van der Waals surface area (Å²) in [6.45, 7) is 2.13. The quantitative estimate of drug-likeness (QED) is 0.491. The standard InChI is InChI=1S/C18H20ClN3O4S/c1-2-11-26-17-6-4-3-5-14(17)12-20-22-18(23)13-21-27(24,25)16-9-7-15(19)8-10-16/h3-10,12,21H,2,11,13H2,1H3,(H,22,23). The van der Waals surface area contributed by atoms with E-state index in [0.29, 0.717) is 22.9 Å². The molecule has 0 bridgehead atoms. The van der Waals surface area contributed by atoms with E-state index < -0.39 is 22.5 Å². The zero-order valence-electron chi connectivity index (χ0n) is 14.7. The molecule has 0 fully saturated rings. The topological polar surface area (TPSA) is 96.9 Å². The van der Waals surface area contributed by atoms with Gasteiger partial charge in [-0.3, -0.25) is 4.79 Å².